The highest BCUT2D eigenvalue weighted by Gasteiger charge is 2.15. The first kappa shape index (κ1) is 15.3. The maximum Gasteiger partial charge on any atom is 0.167 e. The Balaban J connectivity index is 2.42. The van der Waals surface area contributed by atoms with Gasteiger partial charge in [0.05, 0.1) is 18.1 Å². The number of hydrogen-bond donors (Lipinski definition) is 1. The number of benzene rings is 1. The minimum atomic E-state index is -0.357. The first-order valence-corrected chi connectivity index (χ1v) is 6.56. The molecule has 1 N–H and O–H groups in total. The molecule has 3 nitrogen and oxygen atoms in total. The number of anilines is 1. The van der Waals surface area contributed by atoms with Crippen LogP contribution < -0.4 is 10.1 Å². The molecular formula is C15H21FN2O. The molecule has 19 heavy (non-hydrogen) atoms. The van der Waals surface area contributed by atoms with Crippen LogP contribution in [0, 0.1) is 22.6 Å². The van der Waals surface area contributed by atoms with E-state index in [0.29, 0.717) is 6.61 Å². The van der Waals surface area contributed by atoms with Crippen molar-refractivity contribution in [1.29, 1.82) is 5.26 Å². The Morgan fingerprint density at radius 3 is 2.74 bits per heavy atom. The summed E-state index contributed by atoms with van der Waals surface area (Å²) in [4.78, 5) is 0. The molecule has 4 heteroatoms. The van der Waals surface area contributed by atoms with E-state index in [9.17, 15) is 4.39 Å². The fourth-order valence-electron chi connectivity index (χ4n) is 1.70. The summed E-state index contributed by atoms with van der Waals surface area (Å²) in [6, 6.07) is 7.12. The molecule has 0 bridgehead atoms. The van der Waals surface area contributed by atoms with Crippen molar-refractivity contribution in [3.8, 4) is 11.8 Å². The van der Waals surface area contributed by atoms with Gasteiger partial charge in [-0.15, -0.1) is 0 Å². The van der Waals surface area contributed by atoms with Crippen molar-refractivity contribution in [2.75, 3.05) is 18.5 Å². The highest BCUT2D eigenvalue weighted by molar-refractivity contribution is 5.47. The second-order valence-electron chi connectivity index (χ2n) is 5.10. The number of nitrogens with one attached hydrogen (secondary N) is 1. The predicted molar refractivity (Wildman–Crippen MR) is 74.7 cm³/mol. The van der Waals surface area contributed by atoms with Crippen molar-refractivity contribution < 1.29 is 9.13 Å². The Morgan fingerprint density at radius 1 is 1.42 bits per heavy atom. The van der Waals surface area contributed by atoms with Gasteiger partial charge in [-0.1, -0.05) is 0 Å². The number of nitriles is 1. The Bertz CT molecular complexity index is 452. The van der Waals surface area contributed by atoms with Crippen LogP contribution in [0.25, 0.3) is 0 Å². The van der Waals surface area contributed by atoms with Gasteiger partial charge >= 0.3 is 0 Å². The lowest BCUT2D eigenvalue weighted by Crippen LogP contribution is -2.11. The molecule has 0 aliphatic carbocycles. The quantitative estimate of drug-likeness (QED) is 0.758. The van der Waals surface area contributed by atoms with Crippen LogP contribution >= 0.6 is 0 Å². The third-order valence-corrected chi connectivity index (χ3v) is 2.84. The molecule has 0 amide bonds. The van der Waals surface area contributed by atoms with E-state index in [1.165, 1.54) is 6.07 Å². The maximum atomic E-state index is 13.6. The molecular weight excluding hydrogens is 243 g/mol. The first-order valence-electron chi connectivity index (χ1n) is 6.56. The molecule has 0 unspecified atom stereocenters. The number of hydrogen-bond acceptors (Lipinski definition) is 3. The normalized spacial score (nSPS) is 10.9. The van der Waals surface area contributed by atoms with E-state index in [4.69, 9.17) is 10.00 Å². The van der Waals surface area contributed by atoms with Crippen molar-refractivity contribution in [3.63, 3.8) is 0 Å². The molecule has 0 fully saturated rings. The Kier molecular flexibility index (Phi) is 5.62. The van der Waals surface area contributed by atoms with E-state index in [1.54, 1.807) is 12.1 Å². The highest BCUT2D eigenvalue weighted by atomic mass is 19.1. The average molecular weight is 264 g/mol. The van der Waals surface area contributed by atoms with Crippen molar-refractivity contribution in [2.45, 2.75) is 33.6 Å². The fraction of sp³-hybridized carbons (Fsp3) is 0.533. The fourth-order valence-corrected chi connectivity index (χ4v) is 1.70. The molecule has 0 saturated carbocycles. The molecule has 1 rings (SSSR count). The van der Waals surface area contributed by atoms with Gasteiger partial charge in [0, 0.05) is 18.3 Å². The third-order valence-electron chi connectivity index (χ3n) is 2.84. The number of nitrogens with zero attached hydrogens (tertiary/aromatic N) is 1. The zero-order chi connectivity index (χ0) is 14.3. The summed E-state index contributed by atoms with van der Waals surface area (Å²) in [5.74, 6) is -0.0807. The van der Waals surface area contributed by atoms with Crippen LogP contribution in [0.5, 0.6) is 5.75 Å². The Hall–Kier alpha value is -1.76. The molecule has 1 aromatic rings. The number of rotatable bonds is 7. The summed E-state index contributed by atoms with van der Waals surface area (Å²) in [5.41, 5.74) is 0.432. The van der Waals surface area contributed by atoms with Crippen LogP contribution in [0.1, 0.15) is 33.6 Å². The largest absolute Gasteiger partial charge is 0.491 e. The van der Waals surface area contributed by atoms with Gasteiger partial charge in [-0.3, -0.25) is 0 Å². The third kappa shape index (κ3) is 5.17. The van der Waals surface area contributed by atoms with Crippen LogP contribution in [0.2, 0.25) is 0 Å². The van der Waals surface area contributed by atoms with Gasteiger partial charge in [-0.25, -0.2) is 4.39 Å². The van der Waals surface area contributed by atoms with Gasteiger partial charge < -0.3 is 10.1 Å². The van der Waals surface area contributed by atoms with Gasteiger partial charge in [0.2, 0.25) is 0 Å². The molecule has 0 aliphatic heterocycles. The van der Waals surface area contributed by atoms with Crippen LogP contribution in [0.4, 0.5) is 10.1 Å². The van der Waals surface area contributed by atoms with E-state index in [0.717, 1.165) is 25.1 Å². The molecule has 0 saturated heterocycles. The number of ether oxygens (including phenoxy) is 1. The number of halogens is 1. The van der Waals surface area contributed by atoms with Crippen LogP contribution in [-0.4, -0.2) is 13.2 Å². The molecule has 0 aliphatic rings. The topological polar surface area (TPSA) is 45.0 Å². The lowest BCUT2D eigenvalue weighted by atomic mass is 9.90. The van der Waals surface area contributed by atoms with Crippen molar-refractivity contribution >= 4 is 5.69 Å². The Labute approximate surface area is 114 Å². The summed E-state index contributed by atoms with van der Waals surface area (Å²) in [6.45, 7) is 6.83. The zero-order valence-corrected chi connectivity index (χ0v) is 11.8. The summed E-state index contributed by atoms with van der Waals surface area (Å²) in [6.07, 6.45) is 1.69. The summed E-state index contributed by atoms with van der Waals surface area (Å²) in [7, 11) is 0. The maximum absolute atomic E-state index is 13.6. The van der Waals surface area contributed by atoms with E-state index in [2.05, 4.69) is 11.4 Å². The smallest absolute Gasteiger partial charge is 0.167 e. The standard InChI is InChI=1S/C15H21FN2O/c1-4-19-14-7-6-12(10-13(14)16)18-9-5-8-15(2,3)11-17/h6-7,10,18H,4-5,8-9H2,1-3H3. The van der Waals surface area contributed by atoms with Gasteiger partial charge in [0.25, 0.3) is 0 Å². The van der Waals surface area contributed by atoms with Gasteiger partial charge in [-0.05, 0) is 45.7 Å². The lowest BCUT2D eigenvalue weighted by Gasteiger charge is -2.15. The van der Waals surface area contributed by atoms with Crippen molar-refractivity contribution in [2.24, 2.45) is 5.41 Å². The van der Waals surface area contributed by atoms with Crippen LogP contribution in [0.3, 0.4) is 0 Å². The predicted octanol–water partition coefficient (Wildman–Crippen LogP) is 3.97. The monoisotopic (exact) mass is 264 g/mol. The van der Waals surface area contributed by atoms with Gasteiger partial charge in [0.1, 0.15) is 0 Å². The molecule has 1 aromatic carbocycles. The van der Waals surface area contributed by atoms with E-state index < -0.39 is 0 Å². The Morgan fingerprint density at radius 2 is 2.16 bits per heavy atom. The SMILES string of the molecule is CCOc1ccc(NCCCC(C)(C)C#N)cc1F. The minimum Gasteiger partial charge on any atom is -0.491 e. The molecule has 0 aromatic heterocycles. The van der Waals surface area contributed by atoms with E-state index >= 15 is 0 Å². The molecule has 0 heterocycles. The van der Waals surface area contributed by atoms with Crippen LogP contribution in [-0.2, 0) is 0 Å². The van der Waals surface area contributed by atoms with E-state index in [-0.39, 0.29) is 17.0 Å². The van der Waals surface area contributed by atoms with E-state index in [1.807, 2.05) is 20.8 Å². The van der Waals surface area contributed by atoms with Gasteiger partial charge in [0.15, 0.2) is 11.6 Å². The molecule has 0 spiro atoms. The highest BCUT2D eigenvalue weighted by Crippen LogP contribution is 2.23. The molecule has 0 atom stereocenters. The van der Waals surface area contributed by atoms with Crippen LogP contribution in [0.15, 0.2) is 18.2 Å². The molecule has 104 valence electrons. The average Bonchev–Trinajstić information content (AvgIpc) is 2.38. The van der Waals surface area contributed by atoms with Gasteiger partial charge in [-0.2, -0.15) is 5.26 Å². The summed E-state index contributed by atoms with van der Waals surface area (Å²) >= 11 is 0. The minimum absolute atomic E-state index is 0.277. The lowest BCUT2D eigenvalue weighted by molar-refractivity contribution is 0.321. The summed E-state index contributed by atoms with van der Waals surface area (Å²) in [5, 5.41) is 12.0. The molecule has 0 radical (unpaired) electrons. The second kappa shape index (κ2) is 6.98. The van der Waals surface area contributed by atoms with Crippen molar-refractivity contribution in [3.05, 3.63) is 24.0 Å². The second-order valence-corrected chi connectivity index (χ2v) is 5.10. The zero-order valence-electron chi connectivity index (χ0n) is 11.8. The first-order chi connectivity index (χ1) is 8.98. The summed E-state index contributed by atoms with van der Waals surface area (Å²) < 4.78 is 18.7. The van der Waals surface area contributed by atoms with Crippen molar-refractivity contribution in [1.82, 2.24) is 0 Å².